The van der Waals surface area contributed by atoms with Crippen LogP contribution in [0.1, 0.15) is 33.1 Å². The van der Waals surface area contributed by atoms with Crippen LogP contribution in [0, 0.1) is 11.8 Å². The van der Waals surface area contributed by atoms with Crippen molar-refractivity contribution in [3.63, 3.8) is 0 Å². The van der Waals surface area contributed by atoms with Crippen LogP contribution >= 0.6 is 0 Å². The van der Waals surface area contributed by atoms with Crippen LogP contribution in [0.3, 0.4) is 0 Å². The van der Waals surface area contributed by atoms with E-state index in [1.165, 1.54) is 14.2 Å². The minimum Gasteiger partial charge on any atom is -0.349 e. The summed E-state index contributed by atoms with van der Waals surface area (Å²) in [5.74, 6) is -5.71. The van der Waals surface area contributed by atoms with Crippen molar-refractivity contribution in [2.24, 2.45) is 11.8 Å². The highest BCUT2D eigenvalue weighted by Crippen LogP contribution is 2.64. The number of fused-ring (bicyclic) bond motifs is 1. The van der Waals surface area contributed by atoms with Gasteiger partial charge in [0.15, 0.2) is 0 Å². The second kappa shape index (κ2) is 4.64. The zero-order chi connectivity index (χ0) is 16.7. The number of halogens is 2. The van der Waals surface area contributed by atoms with Crippen LogP contribution in [0.5, 0.6) is 0 Å². The molecule has 2 aliphatic heterocycles. The molecule has 0 amide bonds. The smallest absolute Gasteiger partial charge is 0.252 e. The quantitative estimate of drug-likeness (QED) is 0.855. The van der Waals surface area contributed by atoms with Gasteiger partial charge in [-0.15, -0.1) is 0 Å². The summed E-state index contributed by atoms with van der Waals surface area (Å²) in [4.78, 5) is 0. The molecule has 1 N–H and O–H groups in total. The molecule has 0 aromatic heterocycles. The molecule has 0 radical (unpaired) electrons. The minimum atomic E-state index is -2.58. The standard InChI is InChI=1S/C16H25F2NO4/c1-13(20-3)14(2,21-4)23-12-10(22-13)8-19-15(5-6-15)11(12)9-7-16(9,17)18/h9-12,19H,5-8H2,1-4H3/t9?,10-,11-,12+,13+,14+/m1/s1. The number of hydrogen-bond donors (Lipinski definition) is 1. The van der Waals surface area contributed by atoms with Gasteiger partial charge in [0.25, 0.3) is 5.92 Å². The van der Waals surface area contributed by atoms with Gasteiger partial charge in [0.2, 0.25) is 11.6 Å². The number of piperidine rings is 1. The molecule has 4 rings (SSSR count). The van der Waals surface area contributed by atoms with E-state index in [1.54, 1.807) is 13.8 Å². The van der Waals surface area contributed by atoms with E-state index in [-0.39, 0.29) is 24.0 Å². The van der Waals surface area contributed by atoms with Crippen LogP contribution in [-0.4, -0.2) is 56.0 Å². The third kappa shape index (κ3) is 2.13. The van der Waals surface area contributed by atoms with Crippen molar-refractivity contribution in [3.05, 3.63) is 0 Å². The van der Waals surface area contributed by atoms with E-state index in [9.17, 15) is 8.78 Å². The molecule has 4 fully saturated rings. The maximum Gasteiger partial charge on any atom is 0.252 e. The van der Waals surface area contributed by atoms with Crippen molar-refractivity contribution >= 4 is 0 Å². The summed E-state index contributed by atoms with van der Waals surface area (Å²) in [6.45, 7) is 4.09. The fourth-order valence-electron chi connectivity index (χ4n) is 4.45. The van der Waals surface area contributed by atoms with Crippen molar-refractivity contribution in [3.8, 4) is 0 Å². The first-order valence-electron chi connectivity index (χ1n) is 8.29. The summed E-state index contributed by atoms with van der Waals surface area (Å²) in [6.07, 6.45) is 1.05. The maximum atomic E-state index is 13.8. The Bertz CT molecular complexity index is 514. The second-order valence-electron chi connectivity index (χ2n) is 7.67. The van der Waals surface area contributed by atoms with E-state index in [0.29, 0.717) is 6.54 Å². The second-order valence-corrected chi connectivity index (χ2v) is 7.67. The number of hydrogen-bond acceptors (Lipinski definition) is 5. The summed E-state index contributed by atoms with van der Waals surface area (Å²) < 4.78 is 51.1. The lowest BCUT2D eigenvalue weighted by Gasteiger charge is -2.56. The van der Waals surface area contributed by atoms with Gasteiger partial charge < -0.3 is 24.3 Å². The Hall–Kier alpha value is -0.340. The van der Waals surface area contributed by atoms with Crippen molar-refractivity contribution in [2.75, 3.05) is 20.8 Å². The highest BCUT2D eigenvalue weighted by molar-refractivity contribution is 5.21. The van der Waals surface area contributed by atoms with E-state index in [2.05, 4.69) is 5.32 Å². The summed E-state index contributed by atoms with van der Waals surface area (Å²) in [7, 11) is 3.06. The lowest BCUT2D eigenvalue weighted by molar-refractivity contribution is -0.456. The molecule has 5 nitrogen and oxygen atoms in total. The van der Waals surface area contributed by atoms with Crippen LogP contribution < -0.4 is 5.32 Å². The fraction of sp³-hybridized carbons (Fsp3) is 1.00. The number of rotatable bonds is 3. The monoisotopic (exact) mass is 333 g/mol. The highest BCUT2D eigenvalue weighted by Gasteiger charge is 2.73. The number of ether oxygens (including phenoxy) is 4. The summed E-state index contributed by atoms with van der Waals surface area (Å²) in [5, 5.41) is 3.45. The zero-order valence-corrected chi connectivity index (χ0v) is 14.0. The van der Waals surface area contributed by atoms with Gasteiger partial charge in [-0.3, -0.25) is 0 Å². The normalized spacial score (nSPS) is 53.0. The Kier molecular flexibility index (Phi) is 3.25. The number of nitrogens with one attached hydrogen (secondary N) is 1. The van der Waals surface area contributed by atoms with Crippen molar-refractivity contribution in [1.82, 2.24) is 5.32 Å². The lowest BCUT2D eigenvalue weighted by atomic mass is 9.79. The van der Waals surface area contributed by atoms with Gasteiger partial charge >= 0.3 is 0 Å². The van der Waals surface area contributed by atoms with Crippen LogP contribution in [0.15, 0.2) is 0 Å². The first-order chi connectivity index (χ1) is 10.7. The van der Waals surface area contributed by atoms with E-state index < -0.39 is 29.5 Å². The molecule has 23 heavy (non-hydrogen) atoms. The third-order valence-corrected chi connectivity index (χ3v) is 6.45. The Balaban J connectivity index is 1.66. The lowest BCUT2D eigenvalue weighted by Crippen LogP contribution is -2.72. The Morgan fingerprint density at radius 1 is 1.04 bits per heavy atom. The average molecular weight is 333 g/mol. The first-order valence-corrected chi connectivity index (χ1v) is 8.29. The van der Waals surface area contributed by atoms with E-state index in [4.69, 9.17) is 18.9 Å². The minimum absolute atomic E-state index is 0.0566. The maximum absolute atomic E-state index is 13.8. The predicted molar refractivity (Wildman–Crippen MR) is 77.1 cm³/mol. The van der Waals surface area contributed by atoms with Crippen LogP contribution in [0.4, 0.5) is 8.78 Å². The number of alkyl halides is 2. The third-order valence-electron chi connectivity index (χ3n) is 6.45. The topological polar surface area (TPSA) is 49.0 Å². The molecule has 2 saturated carbocycles. The van der Waals surface area contributed by atoms with Gasteiger partial charge in [0.05, 0.1) is 6.10 Å². The van der Waals surface area contributed by atoms with Crippen molar-refractivity contribution in [2.45, 2.75) is 68.4 Å². The van der Waals surface area contributed by atoms with E-state index >= 15 is 0 Å². The molecule has 6 atom stereocenters. The molecule has 0 aromatic carbocycles. The molecule has 2 heterocycles. The summed E-state index contributed by atoms with van der Waals surface area (Å²) in [6, 6.07) is 0. The predicted octanol–water partition coefficient (Wildman–Crippen LogP) is 1.90. The fourth-order valence-corrected chi connectivity index (χ4v) is 4.45. The molecule has 2 saturated heterocycles. The van der Waals surface area contributed by atoms with Crippen molar-refractivity contribution in [1.29, 1.82) is 0 Å². The molecule has 132 valence electrons. The van der Waals surface area contributed by atoms with Crippen LogP contribution in [-0.2, 0) is 18.9 Å². The van der Waals surface area contributed by atoms with Gasteiger partial charge in [-0.05, 0) is 26.7 Å². The SMILES string of the molecule is CO[C@@]1(C)O[C@@H]2[C@@H](C3CC3(F)F)C3(CC3)NC[C@H]2O[C@]1(C)OC. The first kappa shape index (κ1) is 16.1. The molecule has 0 aromatic rings. The molecule has 4 aliphatic rings. The van der Waals surface area contributed by atoms with Gasteiger partial charge in [-0.1, -0.05) is 0 Å². The summed E-state index contributed by atoms with van der Waals surface area (Å²) in [5.41, 5.74) is -0.218. The Morgan fingerprint density at radius 2 is 1.61 bits per heavy atom. The van der Waals surface area contributed by atoms with E-state index in [0.717, 1.165) is 12.8 Å². The average Bonchev–Trinajstić information content (AvgIpc) is 3.40. The largest absolute Gasteiger partial charge is 0.349 e. The molecule has 0 bridgehead atoms. The molecule has 1 spiro atoms. The molecule has 2 aliphatic carbocycles. The summed E-state index contributed by atoms with van der Waals surface area (Å²) >= 11 is 0. The Labute approximate surface area is 135 Å². The Morgan fingerprint density at radius 3 is 2.09 bits per heavy atom. The molecular formula is C16H25F2NO4. The van der Waals surface area contributed by atoms with Gasteiger partial charge in [-0.25, -0.2) is 8.78 Å². The number of methoxy groups -OCH3 is 2. The van der Waals surface area contributed by atoms with Crippen LogP contribution in [0.2, 0.25) is 0 Å². The molecule has 1 unspecified atom stereocenters. The van der Waals surface area contributed by atoms with Gasteiger partial charge in [0.1, 0.15) is 6.10 Å². The zero-order valence-electron chi connectivity index (χ0n) is 14.0. The molecular weight excluding hydrogens is 308 g/mol. The van der Waals surface area contributed by atoms with Gasteiger partial charge in [0, 0.05) is 44.6 Å². The van der Waals surface area contributed by atoms with E-state index in [1.807, 2.05) is 0 Å². The van der Waals surface area contributed by atoms with Gasteiger partial charge in [-0.2, -0.15) is 0 Å². The van der Waals surface area contributed by atoms with Crippen LogP contribution in [0.25, 0.3) is 0 Å². The van der Waals surface area contributed by atoms with Crippen molar-refractivity contribution < 1.29 is 27.7 Å². The molecule has 7 heteroatoms. The highest BCUT2D eigenvalue weighted by atomic mass is 19.3.